The van der Waals surface area contributed by atoms with Gasteiger partial charge in [0.15, 0.2) is 12.2 Å². The van der Waals surface area contributed by atoms with Crippen molar-refractivity contribution < 1.29 is 19.4 Å². The first-order valence-corrected chi connectivity index (χ1v) is 11.7. The minimum Gasteiger partial charge on any atom is -0.484 e. The fourth-order valence-electron chi connectivity index (χ4n) is 3.67. The van der Waals surface area contributed by atoms with E-state index in [1.165, 1.54) is 6.21 Å². The first kappa shape index (κ1) is 25.3. The Morgan fingerprint density at radius 3 is 1.97 bits per heavy atom. The Balaban J connectivity index is 1.35. The average molecular weight is 494 g/mol. The first-order chi connectivity index (χ1) is 17.9. The number of hydrogen-bond acceptors (Lipinski definition) is 5. The molecule has 186 valence electrons. The number of benzene rings is 4. The summed E-state index contributed by atoms with van der Waals surface area (Å²) in [6, 6.07) is 31.8. The number of carbonyl (C=O) groups is 2. The number of aliphatic hydroxyl groups is 1. The smallest absolute Gasteiger partial charge is 0.281 e. The highest BCUT2D eigenvalue weighted by Crippen LogP contribution is 2.29. The number of nitrogens with one attached hydrogen (secondary N) is 2. The molecule has 4 rings (SSSR count). The second-order valence-corrected chi connectivity index (χ2v) is 8.41. The van der Waals surface area contributed by atoms with Crippen LogP contribution in [0.2, 0.25) is 0 Å². The van der Waals surface area contributed by atoms with Gasteiger partial charge in [0.25, 0.3) is 11.8 Å². The molecule has 0 aliphatic carbocycles. The van der Waals surface area contributed by atoms with E-state index >= 15 is 0 Å². The summed E-state index contributed by atoms with van der Waals surface area (Å²) in [6.45, 7) is 1.85. The van der Waals surface area contributed by atoms with Crippen molar-refractivity contribution in [1.82, 2.24) is 5.43 Å². The molecule has 0 heterocycles. The standard InChI is InChI=1S/C30H27N3O4/c1-22-12-16-26(17-13-22)32-28(34)21-37-27-18-14-23(15-19-27)20-31-33-29(35)30(36,24-8-4-2-5-9-24)25-10-6-3-7-11-25/h2-20,36H,21H2,1H3,(H,32,34)(H,33,35)/b31-20-. The lowest BCUT2D eigenvalue weighted by Gasteiger charge is -2.27. The van der Waals surface area contributed by atoms with Crippen molar-refractivity contribution in [3.8, 4) is 5.75 Å². The molecule has 0 aliphatic heterocycles. The third-order valence-corrected chi connectivity index (χ3v) is 5.68. The lowest BCUT2D eigenvalue weighted by atomic mass is 9.85. The number of ether oxygens (including phenoxy) is 1. The summed E-state index contributed by atoms with van der Waals surface area (Å²) >= 11 is 0. The summed E-state index contributed by atoms with van der Waals surface area (Å²) in [5.74, 6) is -0.426. The summed E-state index contributed by atoms with van der Waals surface area (Å²) in [5.41, 5.74) is 3.92. The Morgan fingerprint density at radius 1 is 0.838 bits per heavy atom. The van der Waals surface area contributed by atoms with Crippen LogP contribution in [0.3, 0.4) is 0 Å². The van der Waals surface area contributed by atoms with Crippen molar-refractivity contribution in [2.24, 2.45) is 5.10 Å². The lowest BCUT2D eigenvalue weighted by Crippen LogP contribution is -2.43. The lowest BCUT2D eigenvalue weighted by molar-refractivity contribution is -0.136. The predicted octanol–water partition coefficient (Wildman–Crippen LogP) is 4.40. The molecule has 0 spiro atoms. The number of anilines is 1. The minimum absolute atomic E-state index is 0.130. The molecule has 4 aromatic rings. The van der Waals surface area contributed by atoms with Crippen LogP contribution in [-0.2, 0) is 15.2 Å². The molecule has 0 fully saturated rings. The van der Waals surface area contributed by atoms with Gasteiger partial charge >= 0.3 is 0 Å². The molecule has 4 aromatic carbocycles. The molecule has 7 nitrogen and oxygen atoms in total. The van der Waals surface area contributed by atoms with Gasteiger partial charge < -0.3 is 15.2 Å². The maximum absolute atomic E-state index is 13.1. The quantitative estimate of drug-likeness (QED) is 0.238. The Hall–Kier alpha value is -4.75. The highest BCUT2D eigenvalue weighted by Gasteiger charge is 2.39. The molecule has 7 heteroatoms. The summed E-state index contributed by atoms with van der Waals surface area (Å²) in [5, 5.41) is 18.2. The van der Waals surface area contributed by atoms with Gasteiger partial charge in [0.05, 0.1) is 6.21 Å². The highest BCUT2D eigenvalue weighted by molar-refractivity contribution is 5.92. The molecule has 37 heavy (non-hydrogen) atoms. The third-order valence-electron chi connectivity index (χ3n) is 5.68. The van der Waals surface area contributed by atoms with Crippen molar-refractivity contribution in [3.63, 3.8) is 0 Å². The van der Waals surface area contributed by atoms with Crippen LogP contribution in [0.4, 0.5) is 5.69 Å². The van der Waals surface area contributed by atoms with Gasteiger partial charge in [-0.2, -0.15) is 5.10 Å². The number of carbonyl (C=O) groups excluding carboxylic acids is 2. The number of hydrazone groups is 1. The van der Waals surface area contributed by atoms with Crippen LogP contribution in [0.25, 0.3) is 0 Å². The fraction of sp³-hybridized carbons (Fsp3) is 0.100. The number of nitrogens with zero attached hydrogens (tertiary/aromatic N) is 1. The van der Waals surface area contributed by atoms with Gasteiger partial charge in [-0.1, -0.05) is 78.4 Å². The van der Waals surface area contributed by atoms with Gasteiger partial charge in [0.1, 0.15) is 5.75 Å². The summed E-state index contributed by atoms with van der Waals surface area (Å²) in [6.07, 6.45) is 1.46. The van der Waals surface area contributed by atoms with E-state index < -0.39 is 11.5 Å². The molecule has 0 bridgehead atoms. The Kier molecular flexibility index (Phi) is 8.08. The molecule has 0 aromatic heterocycles. The van der Waals surface area contributed by atoms with E-state index in [9.17, 15) is 14.7 Å². The largest absolute Gasteiger partial charge is 0.484 e. The van der Waals surface area contributed by atoms with Crippen LogP contribution in [0.1, 0.15) is 22.3 Å². The Labute approximate surface area is 215 Å². The molecule has 0 unspecified atom stereocenters. The zero-order valence-corrected chi connectivity index (χ0v) is 20.3. The van der Waals surface area contributed by atoms with Crippen LogP contribution < -0.4 is 15.5 Å². The topological polar surface area (TPSA) is 100 Å². The van der Waals surface area contributed by atoms with Crippen molar-refractivity contribution in [2.45, 2.75) is 12.5 Å². The van der Waals surface area contributed by atoms with Gasteiger partial charge in [-0.05, 0) is 60.0 Å². The summed E-state index contributed by atoms with van der Waals surface area (Å²) < 4.78 is 5.54. The van der Waals surface area contributed by atoms with E-state index in [1.54, 1.807) is 72.8 Å². The maximum atomic E-state index is 13.1. The Morgan fingerprint density at radius 2 is 1.41 bits per heavy atom. The van der Waals surface area contributed by atoms with E-state index in [0.29, 0.717) is 28.1 Å². The molecule has 2 amide bonds. The van der Waals surface area contributed by atoms with E-state index in [2.05, 4.69) is 15.8 Å². The third kappa shape index (κ3) is 6.48. The second kappa shape index (κ2) is 11.8. The number of aryl methyl sites for hydroxylation is 1. The predicted molar refractivity (Wildman–Crippen MR) is 143 cm³/mol. The zero-order valence-electron chi connectivity index (χ0n) is 20.3. The summed E-state index contributed by atoms with van der Waals surface area (Å²) in [4.78, 5) is 25.2. The monoisotopic (exact) mass is 493 g/mol. The van der Waals surface area contributed by atoms with Crippen LogP contribution in [-0.4, -0.2) is 29.7 Å². The van der Waals surface area contributed by atoms with Gasteiger partial charge in [-0.25, -0.2) is 5.43 Å². The molecule has 3 N–H and O–H groups in total. The molecule has 0 atom stereocenters. The van der Waals surface area contributed by atoms with Crippen molar-refractivity contribution in [1.29, 1.82) is 0 Å². The van der Waals surface area contributed by atoms with Gasteiger partial charge in [0, 0.05) is 5.69 Å². The first-order valence-electron chi connectivity index (χ1n) is 11.7. The fourth-order valence-corrected chi connectivity index (χ4v) is 3.67. The minimum atomic E-state index is -1.91. The van der Waals surface area contributed by atoms with Crippen molar-refractivity contribution in [3.05, 3.63) is 131 Å². The van der Waals surface area contributed by atoms with Crippen LogP contribution >= 0.6 is 0 Å². The normalized spacial score (nSPS) is 11.2. The van der Waals surface area contributed by atoms with Crippen molar-refractivity contribution >= 4 is 23.7 Å². The number of hydrogen-bond donors (Lipinski definition) is 3. The van der Waals surface area contributed by atoms with Gasteiger partial charge in [-0.15, -0.1) is 0 Å². The van der Waals surface area contributed by atoms with Crippen LogP contribution in [0.5, 0.6) is 5.75 Å². The number of amides is 2. The van der Waals surface area contributed by atoms with E-state index in [0.717, 1.165) is 5.56 Å². The van der Waals surface area contributed by atoms with Crippen LogP contribution in [0, 0.1) is 6.92 Å². The van der Waals surface area contributed by atoms with E-state index in [4.69, 9.17) is 4.74 Å². The molecular formula is C30H27N3O4. The van der Waals surface area contributed by atoms with Gasteiger partial charge in [0.2, 0.25) is 0 Å². The Bertz CT molecular complexity index is 1310. The number of rotatable bonds is 9. The van der Waals surface area contributed by atoms with E-state index in [1.807, 2.05) is 43.3 Å². The molecule has 0 radical (unpaired) electrons. The molecule has 0 saturated carbocycles. The van der Waals surface area contributed by atoms with Crippen LogP contribution in [0.15, 0.2) is 114 Å². The maximum Gasteiger partial charge on any atom is 0.281 e. The van der Waals surface area contributed by atoms with Crippen molar-refractivity contribution in [2.75, 3.05) is 11.9 Å². The second-order valence-electron chi connectivity index (χ2n) is 8.41. The SMILES string of the molecule is Cc1ccc(NC(=O)COc2ccc(/C=N\NC(=O)C(O)(c3ccccc3)c3ccccc3)cc2)cc1. The summed E-state index contributed by atoms with van der Waals surface area (Å²) in [7, 11) is 0. The van der Waals surface area contributed by atoms with Gasteiger partial charge in [-0.3, -0.25) is 9.59 Å². The van der Waals surface area contributed by atoms with E-state index in [-0.39, 0.29) is 12.5 Å². The molecular weight excluding hydrogens is 466 g/mol. The zero-order chi connectivity index (χ0) is 26.1. The average Bonchev–Trinajstić information content (AvgIpc) is 2.94. The highest BCUT2D eigenvalue weighted by atomic mass is 16.5. The molecule has 0 aliphatic rings. The molecule has 0 saturated heterocycles.